The van der Waals surface area contributed by atoms with E-state index in [-0.39, 0.29) is 12.3 Å². The molecule has 1 N–H and O–H groups in total. The van der Waals surface area contributed by atoms with Crippen LogP contribution in [0.2, 0.25) is 0 Å². The van der Waals surface area contributed by atoms with Gasteiger partial charge in [0.1, 0.15) is 17.2 Å². The highest BCUT2D eigenvalue weighted by molar-refractivity contribution is 5.79. The minimum Gasteiger partial charge on any atom is -0.497 e. The molecule has 0 bridgehead atoms. The number of nitrogens with one attached hydrogen (secondary N) is 1. The molecule has 1 heterocycles. The summed E-state index contributed by atoms with van der Waals surface area (Å²) in [6.45, 7) is 0.348. The van der Waals surface area contributed by atoms with Crippen molar-refractivity contribution in [2.24, 2.45) is 0 Å². The monoisotopic (exact) mass is 381 g/mol. The number of carbonyl (C=O) groups excluding carboxylic acids is 1. The summed E-state index contributed by atoms with van der Waals surface area (Å²) in [5, 5.41) is 7.38. The minimum absolute atomic E-state index is 0.109. The van der Waals surface area contributed by atoms with Crippen molar-refractivity contribution in [3.05, 3.63) is 66.0 Å². The lowest BCUT2D eigenvalue weighted by atomic mass is 10.1. The zero-order chi connectivity index (χ0) is 19.9. The van der Waals surface area contributed by atoms with Gasteiger partial charge in [-0.1, -0.05) is 6.07 Å². The average molecular weight is 381 g/mol. The highest BCUT2D eigenvalue weighted by atomic mass is 16.5. The van der Waals surface area contributed by atoms with Crippen molar-refractivity contribution in [3.8, 4) is 22.9 Å². The maximum Gasteiger partial charge on any atom is 0.224 e. The van der Waals surface area contributed by atoms with Gasteiger partial charge in [-0.05, 0) is 36.4 Å². The predicted molar refractivity (Wildman–Crippen MR) is 105 cm³/mol. The molecular weight excluding hydrogens is 358 g/mol. The van der Waals surface area contributed by atoms with Crippen molar-refractivity contribution in [1.82, 2.24) is 15.1 Å². The normalized spacial score (nSPS) is 10.4. The van der Waals surface area contributed by atoms with E-state index in [9.17, 15) is 4.79 Å². The molecule has 0 unspecified atom stereocenters. The Hall–Kier alpha value is -3.48. The largest absolute Gasteiger partial charge is 0.497 e. The van der Waals surface area contributed by atoms with E-state index in [0.717, 1.165) is 22.7 Å². The molecule has 0 saturated carbocycles. The van der Waals surface area contributed by atoms with Crippen LogP contribution in [0, 0.1) is 0 Å². The van der Waals surface area contributed by atoms with Gasteiger partial charge in [-0.3, -0.25) is 4.79 Å². The first-order valence-corrected chi connectivity index (χ1v) is 8.79. The zero-order valence-corrected chi connectivity index (χ0v) is 16.1. The van der Waals surface area contributed by atoms with Crippen molar-refractivity contribution >= 4 is 5.91 Å². The Morgan fingerprint density at radius 2 is 1.68 bits per heavy atom. The van der Waals surface area contributed by atoms with E-state index in [2.05, 4.69) is 10.4 Å². The zero-order valence-electron chi connectivity index (χ0n) is 16.1. The molecular formula is C21H23N3O4. The maximum atomic E-state index is 12.3. The third-order valence-electron chi connectivity index (χ3n) is 4.29. The number of hydrogen-bond donors (Lipinski definition) is 1. The van der Waals surface area contributed by atoms with E-state index < -0.39 is 0 Å². The van der Waals surface area contributed by atoms with Crippen molar-refractivity contribution in [2.45, 2.75) is 13.0 Å². The van der Waals surface area contributed by atoms with Gasteiger partial charge < -0.3 is 19.5 Å². The third kappa shape index (κ3) is 4.62. The molecule has 2 aromatic carbocycles. The second-order valence-corrected chi connectivity index (χ2v) is 6.08. The van der Waals surface area contributed by atoms with Crippen LogP contribution in [0.3, 0.4) is 0 Å². The van der Waals surface area contributed by atoms with Crippen LogP contribution in [0.1, 0.15) is 11.3 Å². The molecule has 3 rings (SSSR count). The molecule has 0 saturated heterocycles. The number of nitrogens with zero attached hydrogens (tertiary/aromatic N) is 2. The van der Waals surface area contributed by atoms with E-state index in [1.807, 2.05) is 48.7 Å². The number of rotatable bonds is 8. The van der Waals surface area contributed by atoms with Gasteiger partial charge in [0.25, 0.3) is 0 Å². The first-order valence-electron chi connectivity index (χ1n) is 8.79. The maximum absolute atomic E-state index is 12.3. The van der Waals surface area contributed by atoms with Gasteiger partial charge in [0.15, 0.2) is 0 Å². The van der Waals surface area contributed by atoms with Crippen LogP contribution in [0.4, 0.5) is 0 Å². The van der Waals surface area contributed by atoms with E-state index in [1.54, 1.807) is 32.1 Å². The number of amides is 1. The lowest BCUT2D eigenvalue weighted by Gasteiger charge is -2.10. The van der Waals surface area contributed by atoms with Gasteiger partial charge in [0, 0.05) is 17.8 Å². The molecule has 1 aromatic heterocycles. The molecule has 0 radical (unpaired) electrons. The average Bonchev–Trinajstić information content (AvgIpc) is 3.21. The topological polar surface area (TPSA) is 74.6 Å². The summed E-state index contributed by atoms with van der Waals surface area (Å²) in [4.78, 5) is 12.3. The Labute approximate surface area is 163 Å². The summed E-state index contributed by atoms with van der Waals surface area (Å²) in [5.74, 6) is 1.99. The van der Waals surface area contributed by atoms with Crippen LogP contribution >= 0.6 is 0 Å². The van der Waals surface area contributed by atoms with Crippen LogP contribution in [-0.2, 0) is 17.8 Å². The Bertz CT molecular complexity index is 935. The van der Waals surface area contributed by atoms with Gasteiger partial charge in [-0.15, -0.1) is 0 Å². The first kappa shape index (κ1) is 19.3. The summed E-state index contributed by atoms with van der Waals surface area (Å²) in [5.41, 5.74) is 2.48. The van der Waals surface area contributed by atoms with Gasteiger partial charge >= 0.3 is 0 Å². The molecule has 0 aliphatic carbocycles. The molecule has 0 aliphatic heterocycles. The predicted octanol–water partition coefficient (Wildman–Crippen LogP) is 2.76. The van der Waals surface area contributed by atoms with Gasteiger partial charge in [0.2, 0.25) is 5.91 Å². The van der Waals surface area contributed by atoms with Gasteiger partial charge in [-0.2, -0.15) is 5.10 Å². The van der Waals surface area contributed by atoms with Crippen LogP contribution in [0.25, 0.3) is 5.69 Å². The van der Waals surface area contributed by atoms with Crippen LogP contribution in [-0.4, -0.2) is 37.0 Å². The Kier molecular flexibility index (Phi) is 6.16. The summed E-state index contributed by atoms with van der Waals surface area (Å²) in [6.07, 6.45) is 2.07. The van der Waals surface area contributed by atoms with Crippen LogP contribution in [0.5, 0.6) is 17.2 Å². The number of aromatic nitrogens is 2. The van der Waals surface area contributed by atoms with Crippen molar-refractivity contribution < 1.29 is 19.0 Å². The molecule has 0 fully saturated rings. The number of benzene rings is 2. The van der Waals surface area contributed by atoms with E-state index in [1.165, 1.54) is 0 Å². The third-order valence-corrected chi connectivity index (χ3v) is 4.29. The van der Waals surface area contributed by atoms with Gasteiger partial charge in [0.05, 0.1) is 45.7 Å². The minimum atomic E-state index is -0.109. The summed E-state index contributed by atoms with van der Waals surface area (Å²) in [7, 11) is 4.79. The number of hydrogen-bond acceptors (Lipinski definition) is 5. The smallest absolute Gasteiger partial charge is 0.224 e. The van der Waals surface area contributed by atoms with Crippen molar-refractivity contribution in [2.75, 3.05) is 21.3 Å². The molecule has 0 spiro atoms. The fourth-order valence-electron chi connectivity index (χ4n) is 2.76. The number of methoxy groups -OCH3 is 3. The fraction of sp³-hybridized carbons (Fsp3) is 0.238. The molecule has 7 nitrogen and oxygen atoms in total. The van der Waals surface area contributed by atoms with Crippen molar-refractivity contribution in [1.29, 1.82) is 0 Å². The second-order valence-electron chi connectivity index (χ2n) is 6.08. The van der Waals surface area contributed by atoms with E-state index in [4.69, 9.17) is 14.2 Å². The lowest BCUT2D eigenvalue weighted by molar-refractivity contribution is -0.120. The summed E-state index contributed by atoms with van der Waals surface area (Å²) in [6, 6.07) is 14.9. The second kappa shape index (κ2) is 8.94. The molecule has 0 aliphatic rings. The standard InChI is InChI=1S/C21H23N3O4/c1-26-18-8-5-17(6-9-18)24-11-10-16(23-24)14-22-21(25)12-15-4-7-19(27-2)13-20(15)28-3/h4-11,13H,12,14H2,1-3H3,(H,22,25). The van der Waals surface area contributed by atoms with Gasteiger partial charge in [-0.25, -0.2) is 4.68 Å². The van der Waals surface area contributed by atoms with E-state index >= 15 is 0 Å². The molecule has 7 heteroatoms. The highest BCUT2D eigenvalue weighted by Crippen LogP contribution is 2.24. The quantitative estimate of drug-likeness (QED) is 0.649. The Balaban J connectivity index is 1.58. The summed E-state index contributed by atoms with van der Waals surface area (Å²) >= 11 is 0. The Morgan fingerprint density at radius 1 is 0.964 bits per heavy atom. The van der Waals surface area contributed by atoms with Crippen LogP contribution in [0.15, 0.2) is 54.7 Å². The van der Waals surface area contributed by atoms with Crippen LogP contribution < -0.4 is 19.5 Å². The molecule has 0 atom stereocenters. The van der Waals surface area contributed by atoms with Crippen molar-refractivity contribution in [3.63, 3.8) is 0 Å². The molecule has 28 heavy (non-hydrogen) atoms. The highest BCUT2D eigenvalue weighted by Gasteiger charge is 2.11. The fourth-order valence-corrected chi connectivity index (χ4v) is 2.76. The number of ether oxygens (including phenoxy) is 3. The molecule has 3 aromatic rings. The first-order chi connectivity index (χ1) is 13.6. The summed E-state index contributed by atoms with van der Waals surface area (Å²) < 4.78 is 17.4. The number of carbonyl (C=O) groups is 1. The Morgan fingerprint density at radius 3 is 2.36 bits per heavy atom. The molecule has 146 valence electrons. The van der Waals surface area contributed by atoms with E-state index in [0.29, 0.717) is 18.0 Å². The SMILES string of the molecule is COc1ccc(-n2ccc(CNC(=O)Cc3ccc(OC)cc3OC)n2)cc1. The lowest BCUT2D eigenvalue weighted by Crippen LogP contribution is -2.25. The molecule has 1 amide bonds.